The summed E-state index contributed by atoms with van der Waals surface area (Å²) in [5.41, 5.74) is 1.40. The summed E-state index contributed by atoms with van der Waals surface area (Å²) in [5, 5.41) is 0. The summed E-state index contributed by atoms with van der Waals surface area (Å²) in [4.78, 5) is 0. The van der Waals surface area contributed by atoms with Crippen LogP contribution in [0.15, 0.2) is 41.5 Å². The molecule has 0 unspecified atom stereocenters. The summed E-state index contributed by atoms with van der Waals surface area (Å²) in [5.74, 6) is 0.699. The third-order valence-corrected chi connectivity index (χ3v) is 3.34. The first-order valence-corrected chi connectivity index (χ1v) is 6.05. The Balaban J connectivity index is 2.40. The number of rotatable bonds is 2. The Kier molecular flexibility index (Phi) is 3.69. The third-order valence-electron chi connectivity index (χ3n) is 3.34. The van der Waals surface area contributed by atoms with E-state index in [1.54, 1.807) is 31.4 Å². The zero-order valence-corrected chi connectivity index (χ0v) is 10.8. The van der Waals surface area contributed by atoms with E-state index < -0.39 is 11.7 Å². The smallest absolute Gasteiger partial charge is 0.416 e. The number of hydrogen-bond acceptors (Lipinski definition) is 1. The lowest BCUT2D eigenvalue weighted by atomic mass is 9.87. The summed E-state index contributed by atoms with van der Waals surface area (Å²) < 4.78 is 43.7. The molecule has 4 heteroatoms. The lowest BCUT2D eigenvalue weighted by Gasteiger charge is -2.21. The highest BCUT2D eigenvalue weighted by Gasteiger charge is 2.36. The maximum Gasteiger partial charge on any atom is 0.416 e. The molecule has 19 heavy (non-hydrogen) atoms. The minimum absolute atomic E-state index is 0.323. The first-order valence-electron chi connectivity index (χ1n) is 6.05. The van der Waals surface area contributed by atoms with Gasteiger partial charge in [-0.1, -0.05) is 18.2 Å². The largest absolute Gasteiger partial charge is 0.497 e. The van der Waals surface area contributed by atoms with Crippen molar-refractivity contribution in [3.8, 4) is 5.75 Å². The molecule has 0 aliphatic heterocycles. The molecule has 2 rings (SSSR count). The van der Waals surface area contributed by atoms with Crippen molar-refractivity contribution in [3.05, 3.63) is 47.1 Å². The Morgan fingerprint density at radius 2 is 1.74 bits per heavy atom. The van der Waals surface area contributed by atoms with Crippen molar-refractivity contribution < 1.29 is 17.9 Å². The van der Waals surface area contributed by atoms with Crippen molar-refractivity contribution in [2.75, 3.05) is 7.11 Å². The summed E-state index contributed by atoms with van der Waals surface area (Å²) in [6.07, 6.45) is -1.93. The Morgan fingerprint density at radius 3 is 2.26 bits per heavy atom. The van der Waals surface area contributed by atoms with Gasteiger partial charge in [-0.15, -0.1) is 0 Å². The maximum atomic E-state index is 12.9. The van der Waals surface area contributed by atoms with Crippen LogP contribution in [0.5, 0.6) is 5.75 Å². The van der Waals surface area contributed by atoms with E-state index in [9.17, 15) is 13.2 Å². The zero-order chi connectivity index (χ0) is 14.0. The topological polar surface area (TPSA) is 9.23 Å². The van der Waals surface area contributed by atoms with Crippen molar-refractivity contribution in [1.82, 2.24) is 0 Å². The van der Waals surface area contributed by atoms with E-state index in [0.29, 0.717) is 24.2 Å². The van der Waals surface area contributed by atoms with Gasteiger partial charge in [0.1, 0.15) is 5.75 Å². The van der Waals surface area contributed by atoms with Crippen molar-refractivity contribution in [1.29, 1.82) is 0 Å². The van der Waals surface area contributed by atoms with Gasteiger partial charge >= 0.3 is 6.18 Å². The first kappa shape index (κ1) is 13.7. The van der Waals surface area contributed by atoms with Crippen molar-refractivity contribution in [3.63, 3.8) is 0 Å². The van der Waals surface area contributed by atoms with Crippen LogP contribution >= 0.6 is 0 Å². The van der Waals surface area contributed by atoms with Crippen molar-refractivity contribution in [2.24, 2.45) is 0 Å². The molecule has 1 aromatic carbocycles. The highest BCUT2D eigenvalue weighted by molar-refractivity contribution is 5.74. The maximum absolute atomic E-state index is 12.9. The second kappa shape index (κ2) is 5.11. The van der Waals surface area contributed by atoms with E-state index >= 15 is 0 Å². The van der Waals surface area contributed by atoms with Gasteiger partial charge in [0.2, 0.25) is 0 Å². The third kappa shape index (κ3) is 2.83. The predicted octanol–water partition coefficient (Wildman–Crippen LogP) is 4.75. The highest BCUT2D eigenvalue weighted by Crippen LogP contribution is 2.40. The number of methoxy groups -OCH3 is 1. The molecule has 102 valence electrons. The van der Waals surface area contributed by atoms with Crippen LogP contribution in [-0.2, 0) is 0 Å². The molecule has 0 amide bonds. The van der Waals surface area contributed by atoms with E-state index in [0.717, 1.165) is 11.1 Å². The van der Waals surface area contributed by atoms with Crippen LogP contribution in [-0.4, -0.2) is 13.3 Å². The molecule has 0 heterocycles. The van der Waals surface area contributed by atoms with E-state index in [-0.39, 0.29) is 0 Å². The molecular weight excluding hydrogens is 253 g/mol. The Bertz CT molecular complexity index is 521. The normalized spacial score (nSPS) is 16.4. The van der Waals surface area contributed by atoms with Crippen LogP contribution in [0.4, 0.5) is 13.2 Å². The van der Waals surface area contributed by atoms with E-state index in [1.807, 2.05) is 0 Å². The average molecular weight is 268 g/mol. The molecule has 0 saturated carbocycles. The number of allylic oxidation sites excluding steroid dienone is 4. The fraction of sp³-hybridized carbons (Fsp3) is 0.333. The SMILES string of the molecule is COc1ccc(C2=C(C)C(C(F)(F)F)=CCC2)cc1. The molecule has 0 saturated heterocycles. The number of halogens is 3. The van der Waals surface area contributed by atoms with Gasteiger partial charge < -0.3 is 4.74 Å². The van der Waals surface area contributed by atoms with Crippen LogP contribution < -0.4 is 4.74 Å². The van der Waals surface area contributed by atoms with E-state index in [1.165, 1.54) is 13.0 Å². The zero-order valence-electron chi connectivity index (χ0n) is 10.8. The van der Waals surface area contributed by atoms with Crippen LogP contribution in [0.3, 0.4) is 0 Å². The van der Waals surface area contributed by atoms with Crippen molar-refractivity contribution >= 4 is 5.57 Å². The van der Waals surface area contributed by atoms with Crippen LogP contribution in [0.2, 0.25) is 0 Å². The molecule has 0 atom stereocenters. The molecule has 0 N–H and O–H groups in total. The average Bonchev–Trinajstić information content (AvgIpc) is 2.38. The quantitative estimate of drug-likeness (QED) is 0.752. The van der Waals surface area contributed by atoms with Gasteiger partial charge in [-0.05, 0) is 48.6 Å². The fourth-order valence-corrected chi connectivity index (χ4v) is 2.35. The summed E-state index contributed by atoms with van der Waals surface area (Å²) in [7, 11) is 1.56. The summed E-state index contributed by atoms with van der Waals surface area (Å²) in [6, 6.07) is 7.14. The van der Waals surface area contributed by atoms with Gasteiger partial charge in [-0.2, -0.15) is 13.2 Å². The standard InChI is InChI=1S/C15H15F3O/c1-10-13(4-3-5-14(10)15(16,17)18)11-6-8-12(19-2)9-7-11/h5-9H,3-4H2,1-2H3. The van der Waals surface area contributed by atoms with Gasteiger partial charge in [0.05, 0.1) is 12.7 Å². The summed E-state index contributed by atoms with van der Waals surface area (Å²) >= 11 is 0. The van der Waals surface area contributed by atoms with Gasteiger partial charge in [-0.25, -0.2) is 0 Å². The molecule has 0 aromatic heterocycles. The molecule has 1 nitrogen and oxygen atoms in total. The number of benzene rings is 1. The molecule has 0 radical (unpaired) electrons. The molecule has 1 aliphatic carbocycles. The molecule has 0 spiro atoms. The Labute approximate surface area is 110 Å². The minimum Gasteiger partial charge on any atom is -0.497 e. The minimum atomic E-state index is -4.28. The number of ether oxygens (including phenoxy) is 1. The second-order valence-corrected chi connectivity index (χ2v) is 4.49. The highest BCUT2D eigenvalue weighted by atomic mass is 19.4. The lowest BCUT2D eigenvalue weighted by Crippen LogP contribution is -2.16. The molecule has 0 fully saturated rings. The molecule has 1 aromatic rings. The summed E-state index contributed by atoms with van der Waals surface area (Å²) in [6.45, 7) is 1.54. The molecular formula is C15H15F3O. The lowest BCUT2D eigenvalue weighted by molar-refractivity contribution is -0.0896. The fourth-order valence-electron chi connectivity index (χ4n) is 2.35. The van der Waals surface area contributed by atoms with Crippen LogP contribution in [0.1, 0.15) is 25.3 Å². The van der Waals surface area contributed by atoms with E-state index in [2.05, 4.69) is 0 Å². The van der Waals surface area contributed by atoms with Crippen molar-refractivity contribution in [2.45, 2.75) is 25.9 Å². The van der Waals surface area contributed by atoms with Gasteiger partial charge in [0.25, 0.3) is 0 Å². The Morgan fingerprint density at radius 1 is 1.11 bits per heavy atom. The van der Waals surface area contributed by atoms with Gasteiger partial charge in [0, 0.05) is 0 Å². The second-order valence-electron chi connectivity index (χ2n) is 4.49. The van der Waals surface area contributed by atoms with Crippen LogP contribution in [0.25, 0.3) is 5.57 Å². The first-order chi connectivity index (χ1) is 8.93. The van der Waals surface area contributed by atoms with Crippen LogP contribution in [0, 0.1) is 0 Å². The number of alkyl halides is 3. The molecule has 0 bridgehead atoms. The van der Waals surface area contributed by atoms with Gasteiger partial charge in [0.15, 0.2) is 0 Å². The molecule has 1 aliphatic rings. The predicted molar refractivity (Wildman–Crippen MR) is 69.0 cm³/mol. The van der Waals surface area contributed by atoms with Gasteiger partial charge in [-0.3, -0.25) is 0 Å². The monoisotopic (exact) mass is 268 g/mol. The number of hydrogen-bond donors (Lipinski definition) is 0. The van der Waals surface area contributed by atoms with E-state index in [4.69, 9.17) is 4.74 Å². The Hall–Kier alpha value is -1.71.